The standard InChI is InChI=1S/C17H29NO/c1-5-11-19-12-10-16(18-6-2)13-17-14(3)8-7-9-15(17)4/h7-9,16,18H,5-6,10-13H2,1-4H3. The third-order valence-electron chi connectivity index (χ3n) is 3.55. The zero-order valence-electron chi connectivity index (χ0n) is 13.0. The Morgan fingerprint density at radius 3 is 2.37 bits per heavy atom. The third-order valence-corrected chi connectivity index (χ3v) is 3.55. The van der Waals surface area contributed by atoms with Gasteiger partial charge in [-0.1, -0.05) is 32.0 Å². The molecule has 1 rings (SSSR count). The zero-order valence-corrected chi connectivity index (χ0v) is 13.0. The van der Waals surface area contributed by atoms with Gasteiger partial charge < -0.3 is 10.1 Å². The first-order valence-corrected chi connectivity index (χ1v) is 7.55. The molecule has 2 nitrogen and oxygen atoms in total. The van der Waals surface area contributed by atoms with E-state index in [2.05, 4.69) is 51.2 Å². The van der Waals surface area contributed by atoms with E-state index in [4.69, 9.17) is 4.74 Å². The Bertz CT molecular complexity index is 342. The molecule has 0 heterocycles. The highest BCUT2D eigenvalue weighted by Gasteiger charge is 2.11. The highest BCUT2D eigenvalue weighted by molar-refractivity contribution is 5.34. The molecule has 0 saturated heterocycles. The van der Waals surface area contributed by atoms with Crippen LogP contribution in [-0.2, 0) is 11.2 Å². The van der Waals surface area contributed by atoms with E-state index in [0.717, 1.165) is 39.0 Å². The summed E-state index contributed by atoms with van der Waals surface area (Å²) in [7, 11) is 0. The fourth-order valence-corrected chi connectivity index (χ4v) is 2.45. The molecule has 0 aliphatic heterocycles. The van der Waals surface area contributed by atoms with Crippen molar-refractivity contribution in [2.75, 3.05) is 19.8 Å². The van der Waals surface area contributed by atoms with E-state index in [1.54, 1.807) is 0 Å². The molecule has 0 saturated carbocycles. The fraction of sp³-hybridized carbons (Fsp3) is 0.647. The minimum Gasteiger partial charge on any atom is -0.381 e. The molecule has 1 aromatic rings. The summed E-state index contributed by atoms with van der Waals surface area (Å²) in [6.07, 6.45) is 3.28. The number of nitrogens with one attached hydrogen (secondary N) is 1. The van der Waals surface area contributed by atoms with Crippen LogP contribution in [-0.4, -0.2) is 25.8 Å². The number of benzene rings is 1. The normalized spacial score (nSPS) is 12.6. The maximum Gasteiger partial charge on any atom is 0.0480 e. The summed E-state index contributed by atoms with van der Waals surface area (Å²) in [5.74, 6) is 0. The van der Waals surface area contributed by atoms with Gasteiger partial charge in [-0.3, -0.25) is 0 Å². The summed E-state index contributed by atoms with van der Waals surface area (Å²) < 4.78 is 5.62. The van der Waals surface area contributed by atoms with Gasteiger partial charge in [0.2, 0.25) is 0 Å². The van der Waals surface area contributed by atoms with E-state index in [-0.39, 0.29) is 0 Å². The van der Waals surface area contributed by atoms with Crippen LogP contribution >= 0.6 is 0 Å². The Kier molecular flexibility index (Phi) is 7.76. The molecular formula is C17H29NO. The number of aryl methyl sites for hydroxylation is 2. The van der Waals surface area contributed by atoms with Gasteiger partial charge in [-0.15, -0.1) is 0 Å². The van der Waals surface area contributed by atoms with Crippen LogP contribution in [0.15, 0.2) is 18.2 Å². The van der Waals surface area contributed by atoms with Crippen molar-refractivity contribution in [3.8, 4) is 0 Å². The lowest BCUT2D eigenvalue weighted by molar-refractivity contribution is 0.124. The van der Waals surface area contributed by atoms with E-state index in [0.29, 0.717) is 6.04 Å². The molecule has 1 unspecified atom stereocenters. The molecule has 19 heavy (non-hydrogen) atoms. The smallest absolute Gasteiger partial charge is 0.0480 e. The van der Waals surface area contributed by atoms with E-state index < -0.39 is 0 Å². The van der Waals surface area contributed by atoms with Crippen LogP contribution < -0.4 is 5.32 Å². The monoisotopic (exact) mass is 263 g/mol. The van der Waals surface area contributed by atoms with Crippen molar-refractivity contribution in [2.24, 2.45) is 0 Å². The molecule has 108 valence electrons. The molecule has 1 aromatic carbocycles. The van der Waals surface area contributed by atoms with Gasteiger partial charge in [0.1, 0.15) is 0 Å². The summed E-state index contributed by atoms with van der Waals surface area (Å²) >= 11 is 0. The van der Waals surface area contributed by atoms with Crippen molar-refractivity contribution in [1.82, 2.24) is 5.32 Å². The largest absolute Gasteiger partial charge is 0.381 e. The van der Waals surface area contributed by atoms with Crippen molar-refractivity contribution in [2.45, 2.75) is 53.0 Å². The molecule has 0 bridgehead atoms. The van der Waals surface area contributed by atoms with E-state index in [1.807, 2.05) is 0 Å². The number of likely N-dealkylation sites (N-methyl/N-ethyl adjacent to an activating group) is 1. The zero-order chi connectivity index (χ0) is 14.1. The van der Waals surface area contributed by atoms with Gasteiger partial charge in [-0.2, -0.15) is 0 Å². The lowest BCUT2D eigenvalue weighted by Crippen LogP contribution is -2.32. The van der Waals surface area contributed by atoms with Gasteiger partial charge in [0.25, 0.3) is 0 Å². The maximum atomic E-state index is 5.62. The van der Waals surface area contributed by atoms with Gasteiger partial charge in [-0.05, 0) is 56.3 Å². The van der Waals surface area contributed by atoms with Gasteiger partial charge in [0.15, 0.2) is 0 Å². The predicted octanol–water partition coefficient (Wildman–Crippen LogP) is 3.64. The maximum absolute atomic E-state index is 5.62. The van der Waals surface area contributed by atoms with Crippen LogP contribution in [0.3, 0.4) is 0 Å². The predicted molar refractivity (Wildman–Crippen MR) is 82.8 cm³/mol. The summed E-state index contributed by atoms with van der Waals surface area (Å²) in [6.45, 7) is 11.5. The number of ether oxygens (including phenoxy) is 1. The Labute approximate surface area is 118 Å². The molecule has 0 spiro atoms. The van der Waals surface area contributed by atoms with Gasteiger partial charge in [-0.25, -0.2) is 0 Å². The fourth-order valence-electron chi connectivity index (χ4n) is 2.45. The second-order valence-corrected chi connectivity index (χ2v) is 5.23. The van der Waals surface area contributed by atoms with Crippen LogP contribution in [0.2, 0.25) is 0 Å². The van der Waals surface area contributed by atoms with Crippen LogP contribution in [0.25, 0.3) is 0 Å². The van der Waals surface area contributed by atoms with Crippen molar-refractivity contribution in [3.63, 3.8) is 0 Å². The minimum atomic E-state index is 0.515. The van der Waals surface area contributed by atoms with Crippen molar-refractivity contribution in [3.05, 3.63) is 34.9 Å². The lowest BCUT2D eigenvalue weighted by Gasteiger charge is -2.20. The van der Waals surface area contributed by atoms with E-state index in [1.165, 1.54) is 16.7 Å². The third kappa shape index (κ3) is 5.75. The first-order chi connectivity index (χ1) is 9.19. The first kappa shape index (κ1) is 16.2. The van der Waals surface area contributed by atoms with E-state index in [9.17, 15) is 0 Å². The average molecular weight is 263 g/mol. The molecule has 0 aliphatic carbocycles. The highest BCUT2D eigenvalue weighted by atomic mass is 16.5. The minimum absolute atomic E-state index is 0.515. The summed E-state index contributed by atoms with van der Waals surface area (Å²) in [5.41, 5.74) is 4.29. The first-order valence-electron chi connectivity index (χ1n) is 7.55. The quantitative estimate of drug-likeness (QED) is 0.687. The molecular weight excluding hydrogens is 234 g/mol. The van der Waals surface area contributed by atoms with Crippen molar-refractivity contribution in [1.29, 1.82) is 0 Å². The van der Waals surface area contributed by atoms with Gasteiger partial charge >= 0.3 is 0 Å². The molecule has 0 aliphatic rings. The molecule has 0 amide bonds. The van der Waals surface area contributed by atoms with Crippen molar-refractivity contribution >= 4 is 0 Å². The van der Waals surface area contributed by atoms with Crippen LogP contribution in [0.5, 0.6) is 0 Å². The molecule has 1 atom stereocenters. The average Bonchev–Trinajstić information content (AvgIpc) is 2.39. The Morgan fingerprint density at radius 2 is 1.79 bits per heavy atom. The Morgan fingerprint density at radius 1 is 1.11 bits per heavy atom. The summed E-state index contributed by atoms with van der Waals surface area (Å²) in [4.78, 5) is 0. The second-order valence-electron chi connectivity index (χ2n) is 5.23. The van der Waals surface area contributed by atoms with E-state index >= 15 is 0 Å². The topological polar surface area (TPSA) is 21.3 Å². The van der Waals surface area contributed by atoms with Gasteiger partial charge in [0, 0.05) is 19.3 Å². The molecule has 0 fully saturated rings. The summed E-state index contributed by atoms with van der Waals surface area (Å²) in [6, 6.07) is 7.07. The molecule has 0 radical (unpaired) electrons. The van der Waals surface area contributed by atoms with Crippen LogP contribution in [0.1, 0.15) is 43.4 Å². The number of rotatable bonds is 9. The lowest BCUT2D eigenvalue weighted by atomic mass is 9.95. The number of hydrogen-bond donors (Lipinski definition) is 1. The SMILES string of the molecule is CCCOCCC(Cc1c(C)cccc1C)NCC. The molecule has 0 aromatic heterocycles. The highest BCUT2D eigenvalue weighted by Crippen LogP contribution is 2.16. The van der Waals surface area contributed by atoms with Gasteiger partial charge in [0.05, 0.1) is 0 Å². The summed E-state index contributed by atoms with van der Waals surface area (Å²) in [5, 5.41) is 3.58. The van der Waals surface area contributed by atoms with Crippen molar-refractivity contribution < 1.29 is 4.74 Å². The Hall–Kier alpha value is -0.860. The number of hydrogen-bond acceptors (Lipinski definition) is 2. The van der Waals surface area contributed by atoms with Crippen LogP contribution in [0.4, 0.5) is 0 Å². The second kappa shape index (κ2) is 9.11. The molecule has 2 heteroatoms. The Balaban J connectivity index is 2.57. The van der Waals surface area contributed by atoms with Crippen LogP contribution in [0, 0.1) is 13.8 Å². The molecule has 1 N–H and O–H groups in total.